The minimum absolute atomic E-state index is 0.159. The number of anilines is 2. The van der Waals surface area contributed by atoms with Crippen molar-refractivity contribution in [2.45, 2.75) is 13.3 Å². The second-order valence-electron chi connectivity index (χ2n) is 4.66. The van der Waals surface area contributed by atoms with Crippen LogP contribution in [-0.4, -0.2) is 23.8 Å². The SMILES string of the molecule is Cc1cc(NC(=O)CC(=O)Nc2ccc3c(c2)OCO3)no1. The number of carbonyl (C=O) groups excluding carboxylic acids is 2. The minimum Gasteiger partial charge on any atom is -0.454 e. The molecule has 1 aliphatic rings. The molecule has 0 atom stereocenters. The summed E-state index contributed by atoms with van der Waals surface area (Å²) in [6.45, 7) is 1.86. The Balaban J connectivity index is 1.54. The molecule has 1 aromatic heterocycles. The zero-order valence-electron chi connectivity index (χ0n) is 11.7. The van der Waals surface area contributed by atoms with Crippen LogP contribution in [0.2, 0.25) is 0 Å². The van der Waals surface area contributed by atoms with Crippen molar-refractivity contribution in [1.29, 1.82) is 0 Å². The molecule has 2 heterocycles. The number of hydrogen-bond acceptors (Lipinski definition) is 6. The van der Waals surface area contributed by atoms with E-state index in [1.54, 1.807) is 31.2 Å². The molecule has 1 aliphatic heterocycles. The number of rotatable bonds is 4. The Morgan fingerprint density at radius 1 is 1.14 bits per heavy atom. The summed E-state index contributed by atoms with van der Waals surface area (Å²) in [6.07, 6.45) is -0.333. The third kappa shape index (κ3) is 3.17. The van der Waals surface area contributed by atoms with Crippen LogP contribution < -0.4 is 20.1 Å². The van der Waals surface area contributed by atoms with Gasteiger partial charge in [0.15, 0.2) is 17.3 Å². The van der Waals surface area contributed by atoms with Gasteiger partial charge in [0.05, 0.1) is 0 Å². The van der Waals surface area contributed by atoms with Gasteiger partial charge in [0.25, 0.3) is 0 Å². The predicted molar refractivity (Wildman–Crippen MR) is 75.7 cm³/mol. The molecule has 0 spiro atoms. The molecule has 0 saturated carbocycles. The molecule has 0 unspecified atom stereocenters. The number of aromatic nitrogens is 1. The van der Waals surface area contributed by atoms with E-state index in [1.165, 1.54) is 0 Å². The molecular weight excluding hydrogens is 290 g/mol. The topological polar surface area (TPSA) is 103 Å². The van der Waals surface area contributed by atoms with Crippen LogP contribution in [0.4, 0.5) is 11.5 Å². The van der Waals surface area contributed by atoms with Crippen LogP contribution in [0, 0.1) is 6.92 Å². The fourth-order valence-electron chi connectivity index (χ4n) is 1.94. The molecule has 2 aromatic rings. The van der Waals surface area contributed by atoms with Crippen molar-refractivity contribution >= 4 is 23.3 Å². The van der Waals surface area contributed by atoms with Gasteiger partial charge in [-0.2, -0.15) is 0 Å². The van der Waals surface area contributed by atoms with Crippen LogP contribution in [0.15, 0.2) is 28.8 Å². The Morgan fingerprint density at radius 2 is 1.91 bits per heavy atom. The number of aryl methyl sites for hydroxylation is 1. The third-order valence-electron chi connectivity index (χ3n) is 2.87. The quantitative estimate of drug-likeness (QED) is 0.833. The predicted octanol–water partition coefficient (Wildman–Crippen LogP) is 1.68. The highest BCUT2D eigenvalue weighted by molar-refractivity contribution is 6.07. The van der Waals surface area contributed by atoms with Crippen LogP contribution in [0.5, 0.6) is 11.5 Å². The van der Waals surface area contributed by atoms with Gasteiger partial charge in [-0.25, -0.2) is 0 Å². The van der Waals surface area contributed by atoms with Gasteiger partial charge in [-0.05, 0) is 19.1 Å². The normalized spacial score (nSPS) is 12.0. The van der Waals surface area contributed by atoms with Crippen molar-refractivity contribution in [3.63, 3.8) is 0 Å². The molecule has 8 heteroatoms. The van der Waals surface area contributed by atoms with Gasteiger partial charge in [-0.1, -0.05) is 5.16 Å². The zero-order valence-corrected chi connectivity index (χ0v) is 11.7. The first-order valence-electron chi connectivity index (χ1n) is 6.53. The molecule has 114 valence electrons. The van der Waals surface area contributed by atoms with Gasteiger partial charge in [-0.3, -0.25) is 9.59 Å². The second kappa shape index (κ2) is 5.76. The first-order valence-corrected chi connectivity index (χ1v) is 6.53. The standard InChI is InChI=1S/C14H13N3O5/c1-8-4-12(17-22-8)16-14(19)6-13(18)15-9-2-3-10-11(5-9)21-7-20-10/h2-5H,6-7H2,1H3,(H,15,18)(H,16,17,19). The lowest BCUT2D eigenvalue weighted by atomic mass is 10.2. The van der Waals surface area contributed by atoms with Crippen LogP contribution in [-0.2, 0) is 9.59 Å². The summed E-state index contributed by atoms with van der Waals surface area (Å²) in [5, 5.41) is 8.70. The average molecular weight is 303 g/mol. The molecule has 22 heavy (non-hydrogen) atoms. The highest BCUT2D eigenvalue weighted by Gasteiger charge is 2.16. The van der Waals surface area contributed by atoms with E-state index in [0.717, 1.165) is 0 Å². The van der Waals surface area contributed by atoms with Crippen molar-refractivity contribution in [1.82, 2.24) is 5.16 Å². The summed E-state index contributed by atoms with van der Waals surface area (Å²) in [7, 11) is 0. The summed E-state index contributed by atoms with van der Waals surface area (Å²) in [5.74, 6) is 1.10. The lowest BCUT2D eigenvalue weighted by Crippen LogP contribution is -2.21. The lowest BCUT2D eigenvalue weighted by Gasteiger charge is -2.06. The molecule has 8 nitrogen and oxygen atoms in total. The fourth-order valence-corrected chi connectivity index (χ4v) is 1.94. The van der Waals surface area contributed by atoms with Gasteiger partial charge in [0.1, 0.15) is 12.2 Å². The maximum Gasteiger partial charge on any atom is 0.235 e. The number of fused-ring (bicyclic) bond motifs is 1. The maximum absolute atomic E-state index is 11.8. The number of ether oxygens (including phenoxy) is 2. The Morgan fingerprint density at radius 3 is 2.68 bits per heavy atom. The molecule has 0 fully saturated rings. The average Bonchev–Trinajstić information content (AvgIpc) is 3.06. The van der Waals surface area contributed by atoms with E-state index in [9.17, 15) is 9.59 Å². The van der Waals surface area contributed by atoms with Gasteiger partial charge >= 0.3 is 0 Å². The van der Waals surface area contributed by atoms with E-state index < -0.39 is 11.8 Å². The van der Waals surface area contributed by atoms with Crippen LogP contribution in [0.25, 0.3) is 0 Å². The molecule has 1 aromatic carbocycles. The molecule has 0 saturated heterocycles. The fraction of sp³-hybridized carbons (Fsp3) is 0.214. The van der Waals surface area contributed by atoms with E-state index >= 15 is 0 Å². The number of benzene rings is 1. The largest absolute Gasteiger partial charge is 0.454 e. The van der Waals surface area contributed by atoms with Crippen molar-refractivity contribution in [3.05, 3.63) is 30.0 Å². The number of hydrogen-bond donors (Lipinski definition) is 2. The van der Waals surface area contributed by atoms with E-state index in [-0.39, 0.29) is 19.0 Å². The Bertz CT molecular complexity index is 725. The second-order valence-corrected chi connectivity index (χ2v) is 4.66. The van der Waals surface area contributed by atoms with Crippen LogP contribution >= 0.6 is 0 Å². The summed E-state index contributed by atoms with van der Waals surface area (Å²) in [6, 6.07) is 6.56. The molecule has 3 rings (SSSR count). The van der Waals surface area contributed by atoms with Gasteiger partial charge in [0.2, 0.25) is 18.6 Å². The lowest BCUT2D eigenvalue weighted by molar-refractivity contribution is -0.123. The van der Waals surface area contributed by atoms with E-state index in [4.69, 9.17) is 14.0 Å². The minimum atomic E-state index is -0.480. The summed E-state index contributed by atoms with van der Waals surface area (Å²) in [4.78, 5) is 23.5. The first kappa shape index (κ1) is 13.9. The zero-order chi connectivity index (χ0) is 15.5. The van der Waals surface area contributed by atoms with Crippen molar-refractivity contribution in [2.75, 3.05) is 17.4 Å². The summed E-state index contributed by atoms with van der Waals surface area (Å²) >= 11 is 0. The monoisotopic (exact) mass is 303 g/mol. The Labute approximate surface area is 125 Å². The Hall–Kier alpha value is -3.03. The highest BCUT2D eigenvalue weighted by Crippen LogP contribution is 2.34. The highest BCUT2D eigenvalue weighted by atomic mass is 16.7. The molecule has 2 amide bonds. The molecule has 0 bridgehead atoms. The van der Waals surface area contributed by atoms with E-state index in [2.05, 4.69) is 15.8 Å². The van der Waals surface area contributed by atoms with Gasteiger partial charge < -0.3 is 24.6 Å². The van der Waals surface area contributed by atoms with Crippen molar-refractivity contribution < 1.29 is 23.6 Å². The number of nitrogens with one attached hydrogen (secondary N) is 2. The van der Waals surface area contributed by atoms with Gasteiger partial charge in [0, 0.05) is 17.8 Å². The number of carbonyl (C=O) groups is 2. The molecule has 0 radical (unpaired) electrons. The summed E-state index contributed by atoms with van der Waals surface area (Å²) < 4.78 is 15.2. The number of nitrogens with zero attached hydrogens (tertiary/aromatic N) is 1. The van der Waals surface area contributed by atoms with E-state index in [1.807, 2.05) is 0 Å². The van der Waals surface area contributed by atoms with Crippen LogP contribution in [0.1, 0.15) is 12.2 Å². The third-order valence-corrected chi connectivity index (χ3v) is 2.87. The van der Waals surface area contributed by atoms with Crippen LogP contribution in [0.3, 0.4) is 0 Å². The summed E-state index contributed by atoms with van der Waals surface area (Å²) in [5.41, 5.74) is 0.527. The maximum atomic E-state index is 11.8. The first-order chi connectivity index (χ1) is 10.6. The molecular formula is C14H13N3O5. The van der Waals surface area contributed by atoms with Crippen molar-refractivity contribution in [3.8, 4) is 11.5 Å². The van der Waals surface area contributed by atoms with Gasteiger partial charge in [-0.15, -0.1) is 0 Å². The Kier molecular flexibility index (Phi) is 3.65. The molecule has 0 aliphatic carbocycles. The number of amides is 2. The van der Waals surface area contributed by atoms with Crippen molar-refractivity contribution in [2.24, 2.45) is 0 Å². The van der Waals surface area contributed by atoms with E-state index in [0.29, 0.717) is 22.9 Å². The molecule has 2 N–H and O–H groups in total. The smallest absolute Gasteiger partial charge is 0.235 e.